The van der Waals surface area contributed by atoms with Crippen LogP contribution in [-0.2, 0) is 4.79 Å². The smallest absolute Gasteiger partial charge is 0.251 e. The van der Waals surface area contributed by atoms with Crippen molar-refractivity contribution < 1.29 is 14.4 Å². The minimum absolute atomic E-state index is 0.0496. The maximum atomic E-state index is 12.4. The number of benzene rings is 2. The van der Waals surface area contributed by atoms with E-state index < -0.39 is 0 Å². The van der Waals surface area contributed by atoms with Crippen LogP contribution in [0, 0.1) is 0 Å². The summed E-state index contributed by atoms with van der Waals surface area (Å²) in [6.07, 6.45) is 5.70. The molecule has 0 atom stereocenters. The Balaban J connectivity index is 1.45. The lowest BCUT2D eigenvalue weighted by molar-refractivity contribution is -0.114. The Morgan fingerprint density at radius 1 is 0.800 bits per heavy atom. The zero-order valence-corrected chi connectivity index (χ0v) is 17.2. The van der Waals surface area contributed by atoms with Gasteiger partial charge in [-0.1, -0.05) is 19.3 Å². The average molecular weight is 409 g/mol. The summed E-state index contributed by atoms with van der Waals surface area (Å²) in [4.78, 5) is 36.0. The molecule has 0 heterocycles. The van der Waals surface area contributed by atoms with Crippen LogP contribution in [0.15, 0.2) is 48.5 Å². The summed E-state index contributed by atoms with van der Waals surface area (Å²) in [6.45, 7) is 0.0881. The fraction of sp³-hybridized carbons (Fsp3) is 0.348. The SMILES string of the molecule is CNC(=O)c1ccc(NC(=O)CNc2ccc(C(=O)NC3CCCCC3)cc2)cc1. The molecule has 3 amide bonds. The molecular formula is C23H28N4O3. The second-order valence-electron chi connectivity index (χ2n) is 7.44. The number of anilines is 2. The molecule has 4 N–H and O–H groups in total. The molecule has 30 heavy (non-hydrogen) atoms. The molecule has 1 saturated carbocycles. The molecule has 3 rings (SSSR count). The van der Waals surface area contributed by atoms with Crippen molar-refractivity contribution in [2.75, 3.05) is 24.2 Å². The van der Waals surface area contributed by atoms with Crippen LogP contribution in [0.2, 0.25) is 0 Å². The third-order valence-corrected chi connectivity index (χ3v) is 5.20. The van der Waals surface area contributed by atoms with Crippen molar-refractivity contribution >= 4 is 29.1 Å². The Kier molecular flexibility index (Phi) is 7.43. The first-order chi connectivity index (χ1) is 14.5. The van der Waals surface area contributed by atoms with Crippen molar-refractivity contribution in [1.82, 2.24) is 10.6 Å². The quantitative estimate of drug-likeness (QED) is 0.565. The Bertz CT molecular complexity index is 872. The van der Waals surface area contributed by atoms with Crippen molar-refractivity contribution in [3.05, 3.63) is 59.7 Å². The molecule has 0 unspecified atom stereocenters. The number of carbonyl (C=O) groups is 3. The van der Waals surface area contributed by atoms with Gasteiger partial charge in [0.2, 0.25) is 5.91 Å². The van der Waals surface area contributed by atoms with Crippen molar-refractivity contribution in [3.63, 3.8) is 0 Å². The lowest BCUT2D eigenvalue weighted by Gasteiger charge is -2.22. The summed E-state index contributed by atoms with van der Waals surface area (Å²) in [5, 5.41) is 11.5. The van der Waals surface area contributed by atoms with Crippen LogP contribution in [0.3, 0.4) is 0 Å². The van der Waals surface area contributed by atoms with Gasteiger partial charge in [0.25, 0.3) is 11.8 Å². The van der Waals surface area contributed by atoms with Gasteiger partial charge >= 0.3 is 0 Å². The molecule has 0 aliphatic heterocycles. The van der Waals surface area contributed by atoms with Gasteiger partial charge in [0.05, 0.1) is 6.54 Å². The molecule has 0 radical (unpaired) electrons. The van der Waals surface area contributed by atoms with Gasteiger partial charge in [-0.05, 0) is 61.4 Å². The molecule has 2 aromatic rings. The number of hydrogen-bond acceptors (Lipinski definition) is 4. The Labute approximate surface area is 176 Å². The van der Waals surface area contributed by atoms with Crippen molar-refractivity contribution in [3.8, 4) is 0 Å². The van der Waals surface area contributed by atoms with Gasteiger partial charge in [-0.3, -0.25) is 14.4 Å². The lowest BCUT2D eigenvalue weighted by atomic mass is 9.95. The fourth-order valence-electron chi connectivity index (χ4n) is 3.49. The standard InChI is InChI=1S/C23H28N4O3/c1-24-22(29)16-9-13-20(14-10-16)26-21(28)15-25-18-11-7-17(8-12-18)23(30)27-19-5-3-2-4-6-19/h7-14,19,25H,2-6,15H2,1H3,(H,24,29)(H,26,28)(H,27,30). The van der Waals surface area contributed by atoms with Gasteiger partial charge < -0.3 is 21.3 Å². The molecular weight excluding hydrogens is 380 g/mol. The second kappa shape index (κ2) is 10.4. The number of amides is 3. The summed E-state index contributed by atoms with van der Waals surface area (Å²) in [7, 11) is 1.57. The van der Waals surface area contributed by atoms with Crippen LogP contribution >= 0.6 is 0 Å². The zero-order valence-electron chi connectivity index (χ0n) is 17.2. The summed E-state index contributed by atoms with van der Waals surface area (Å²) >= 11 is 0. The minimum atomic E-state index is -0.207. The number of carbonyl (C=O) groups excluding carboxylic acids is 3. The molecule has 2 aromatic carbocycles. The molecule has 0 bridgehead atoms. The summed E-state index contributed by atoms with van der Waals surface area (Å²) in [5.74, 6) is -0.432. The van der Waals surface area contributed by atoms with Crippen molar-refractivity contribution in [2.24, 2.45) is 0 Å². The molecule has 7 heteroatoms. The van der Waals surface area contributed by atoms with Crippen LogP contribution in [0.25, 0.3) is 0 Å². The molecule has 1 aliphatic carbocycles. The highest BCUT2D eigenvalue weighted by Crippen LogP contribution is 2.18. The van der Waals surface area contributed by atoms with Crippen molar-refractivity contribution in [1.29, 1.82) is 0 Å². The van der Waals surface area contributed by atoms with Gasteiger partial charge in [0.15, 0.2) is 0 Å². The van der Waals surface area contributed by atoms with Gasteiger partial charge in [-0.15, -0.1) is 0 Å². The summed E-state index contributed by atoms with van der Waals surface area (Å²) in [6, 6.07) is 14.1. The van der Waals surface area contributed by atoms with Gasteiger partial charge in [-0.25, -0.2) is 0 Å². The molecule has 1 fully saturated rings. The molecule has 0 saturated heterocycles. The van der Waals surface area contributed by atoms with E-state index >= 15 is 0 Å². The van der Waals surface area contributed by atoms with Crippen molar-refractivity contribution in [2.45, 2.75) is 38.1 Å². The summed E-state index contributed by atoms with van der Waals surface area (Å²) < 4.78 is 0. The van der Waals surface area contributed by atoms with Crippen LogP contribution in [0.5, 0.6) is 0 Å². The number of hydrogen-bond donors (Lipinski definition) is 4. The van der Waals surface area contributed by atoms with E-state index in [2.05, 4.69) is 21.3 Å². The van der Waals surface area contributed by atoms with E-state index in [1.54, 1.807) is 55.6 Å². The van der Waals surface area contributed by atoms with Crippen LogP contribution in [0.1, 0.15) is 52.8 Å². The molecule has 1 aliphatic rings. The highest BCUT2D eigenvalue weighted by molar-refractivity contribution is 5.97. The highest BCUT2D eigenvalue weighted by atomic mass is 16.2. The van der Waals surface area contributed by atoms with E-state index in [4.69, 9.17) is 0 Å². The van der Waals surface area contributed by atoms with E-state index in [1.165, 1.54) is 19.3 Å². The zero-order chi connectivity index (χ0) is 21.3. The van der Waals surface area contributed by atoms with E-state index in [9.17, 15) is 14.4 Å². The number of nitrogens with one attached hydrogen (secondary N) is 4. The maximum absolute atomic E-state index is 12.4. The van der Waals surface area contributed by atoms with E-state index in [1.807, 2.05) is 0 Å². The molecule has 0 aromatic heterocycles. The van der Waals surface area contributed by atoms with Crippen LogP contribution < -0.4 is 21.3 Å². The first-order valence-corrected chi connectivity index (χ1v) is 10.3. The predicted octanol–water partition coefficient (Wildman–Crippen LogP) is 3.16. The van der Waals surface area contributed by atoms with Gasteiger partial charge in [0, 0.05) is 35.6 Å². The van der Waals surface area contributed by atoms with E-state index in [0.29, 0.717) is 16.8 Å². The first-order valence-electron chi connectivity index (χ1n) is 10.3. The van der Waals surface area contributed by atoms with Gasteiger partial charge in [0.1, 0.15) is 0 Å². The van der Waals surface area contributed by atoms with Gasteiger partial charge in [-0.2, -0.15) is 0 Å². The highest BCUT2D eigenvalue weighted by Gasteiger charge is 2.16. The van der Waals surface area contributed by atoms with E-state index in [-0.39, 0.29) is 30.3 Å². The Morgan fingerprint density at radius 3 is 1.97 bits per heavy atom. The Morgan fingerprint density at radius 2 is 1.37 bits per heavy atom. The molecule has 0 spiro atoms. The molecule has 158 valence electrons. The van der Waals surface area contributed by atoms with Crippen LogP contribution in [0.4, 0.5) is 11.4 Å². The largest absolute Gasteiger partial charge is 0.376 e. The molecule has 7 nitrogen and oxygen atoms in total. The minimum Gasteiger partial charge on any atom is -0.376 e. The third kappa shape index (κ3) is 6.07. The average Bonchev–Trinajstić information content (AvgIpc) is 2.78. The Hall–Kier alpha value is -3.35. The predicted molar refractivity (Wildman–Crippen MR) is 118 cm³/mol. The summed E-state index contributed by atoms with van der Waals surface area (Å²) in [5.41, 5.74) is 2.52. The second-order valence-corrected chi connectivity index (χ2v) is 7.44. The monoisotopic (exact) mass is 408 g/mol. The van der Waals surface area contributed by atoms with E-state index in [0.717, 1.165) is 18.5 Å². The fourth-order valence-corrected chi connectivity index (χ4v) is 3.49. The van der Waals surface area contributed by atoms with Crippen LogP contribution in [-0.4, -0.2) is 37.4 Å². The third-order valence-electron chi connectivity index (χ3n) is 5.20. The number of rotatable bonds is 7. The lowest BCUT2D eigenvalue weighted by Crippen LogP contribution is -2.36. The first kappa shape index (κ1) is 21.4. The normalized spacial score (nSPS) is 13.9. The maximum Gasteiger partial charge on any atom is 0.251 e. The topological polar surface area (TPSA) is 99.3 Å².